The monoisotopic (exact) mass is 461 g/mol. The van der Waals surface area contributed by atoms with Gasteiger partial charge in [-0.2, -0.15) is 0 Å². The van der Waals surface area contributed by atoms with Crippen molar-refractivity contribution < 1.29 is 9.53 Å². The molecule has 5 rings (SSSR count). The van der Waals surface area contributed by atoms with Gasteiger partial charge in [0.1, 0.15) is 18.0 Å². The number of methoxy groups -OCH3 is 1. The van der Waals surface area contributed by atoms with Crippen molar-refractivity contribution in [3.05, 3.63) is 53.4 Å². The highest BCUT2D eigenvalue weighted by atomic mass is 16.5. The lowest BCUT2D eigenvalue weighted by Gasteiger charge is -2.43. The van der Waals surface area contributed by atoms with Crippen LogP contribution in [0.1, 0.15) is 33.9 Å². The summed E-state index contributed by atoms with van der Waals surface area (Å²) in [5.41, 5.74) is 9.94. The molecule has 2 aromatic rings. The Hall–Kier alpha value is -3.30. The zero-order valence-electron chi connectivity index (χ0n) is 19.6. The lowest BCUT2D eigenvalue weighted by molar-refractivity contribution is 0.0600. The number of allylic oxidation sites excluding steroid dienone is 1. The number of piperazine rings is 1. The van der Waals surface area contributed by atoms with Gasteiger partial charge in [0.2, 0.25) is 0 Å². The second kappa shape index (κ2) is 9.90. The fraction of sp³-hybridized carbons (Fsp3) is 0.440. The predicted octanol–water partition coefficient (Wildman–Crippen LogP) is 1.88. The molecule has 0 radical (unpaired) electrons. The molecule has 34 heavy (non-hydrogen) atoms. The molecule has 1 aromatic carbocycles. The lowest BCUT2D eigenvalue weighted by atomic mass is 10.00. The summed E-state index contributed by atoms with van der Waals surface area (Å²) >= 11 is 0. The molecule has 0 spiro atoms. The number of carbonyl (C=O) groups excluding carboxylic acids is 1. The Labute approximate surface area is 199 Å². The van der Waals surface area contributed by atoms with Crippen LogP contribution in [0.5, 0.6) is 0 Å². The van der Waals surface area contributed by atoms with Gasteiger partial charge in [0.15, 0.2) is 0 Å². The molecule has 9 heteroatoms. The van der Waals surface area contributed by atoms with Crippen molar-refractivity contribution in [3.8, 4) is 0 Å². The summed E-state index contributed by atoms with van der Waals surface area (Å²) < 4.78 is 4.86. The second-order valence-electron chi connectivity index (χ2n) is 8.92. The highest BCUT2D eigenvalue weighted by Gasteiger charge is 2.30. The fourth-order valence-corrected chi connectivity index (χ4v) is 4.87. The summed E-state index contributed by atoms with van der Waals surface area (Å²) in [4.78, 5) is 32.4. The number of carbonyl (C=O) groups is 1. The number of likely N-dealkylation sites (tertiary alicyclic amines) is 1. The maximum atomic E-state index is 11.9. The molecule has 2 fully saturated rings. The molecule has 4 heterocycles. The lowest BCUT2D eigenvalue weighted by Crippen LogP contribution is -2.51. The standard InChI is InChI=1S/C25H31N7O2/c1-34-25(33)19-5-3-18(4-6-19)21(16-30-9-2-10-30)31-11-13-32(14-12-31)24-22(20-7-8-27-15-20)23(26)28-17-29-24/h3-7,15,17,21H,2,8-14,16H2,1H3,(H2,26,28,29). The van der Waals surface area contributed by atoms with Crippen LogP contribution in [0.4, 0.5) is 11.6 Å². The molecule has 3 aliphatic heterocycles. The SMILES string of the molecule is COC(=O)c1ccc(C(CN2CCC2)N2CCN(c3ncnc(N)c3C3=CCN=C3)CC2)cc1. The average molecular weight is 462 g/mol. The Morgan fingerprint density at radius 3 is 2.47 bits per heavy atom. The van der Waals surface area contributed by atoms with Crippen molar-refractivity contribution in [2.75, 3.05) is 70.1 Å². The number of hydrogen-bond donors (Lipinski definition) is 1. The van der Waals surface area contributed by atoms with E-state index in [2.05, 4.69) is 47.9 Å². The molecule has 0 saturated carbocycles. The van der Waals surface area contributed by atoms with E-state index in [1.807, 2.05) is 18.3 Å². The van der Waals surface area contributed by atoms with Crippen LogP contribution in [-0.2, 0) is 4.74 Å². The molecule has 0 aliphatic carbocycles. The molecule has 0 amide bonds. The number of rotatable bonds is 7. The third-order valence-electron chi connectivity index (χ3n) is 6.94. The molecular weight excluding hydrogens is 430 g/mol. The van der Waals surface area contributed by atoms with Gasteiger partial charge in [0, 0.05) is 50.6 Å². The Morgan fingerprint density at radius 1 is 1.09 bits per heavy atom. The zero-order chi connectivity index (χ0) is 23.5. The molecule has 178 valence electrons. The van der Waals surface area contributed by atoms with E-state index >= 15 is 0 Å². The van der Waals surface area contributed by atoms with E-state index in [4.69, 9.17) is 10.5 Å². The van der Waals surface area contributed by atoms with E-state index in [0.29, 0.717) is 17.9 Å². The van der Waals surface area contributed by atoms with Crippen molar-refractivity contribution >= 4 is 29.4 Å². The van der Waals surface area contributed by atoms with Crippen molar-refractivity contribution in [2.24, 2.45) is 4.99 Å². The third kappa shape index (κ3) is 4.53. The van der Waals surface area contributed by atoms with E-state index in [-0.39, 0.29) is 12.0 Å². The third-order valence-corrected chi connectivity index (χ3v) is 6.94. The minimum Gasteiger partial charge on any atom is -0.465 e. The minimum absolute atomic E-state index is 0.272. The van der Waals surface area contributed by atoms with Gasteiger partial charge < -0.3 is 20.3 Å². The van der Waals surface area contributed by atoms with Crippen LogP contribution < -0.4 is 10.6 Å². The first-order valence-electron chi connectivity index (χ1n) is 11.8. The fourth-order valence-electron chi connectivity index (χ4n) is 4.87. The van der Waals surface area contributed by atoms with Gasteiger partial charge in [-0.3, -0.25) is 9.89 Å². The molecule has 1 aromatic heterocycles. The van der Waals surface area contributed by atoms with Crippen molar-refractivity contribution in [1.82, 2.24) is 19.8 Å². The van der Waals surface area contributed by atoms with E-state index in [0.717, 1.165) is 62.8 Å². The number of aromatic nitrogens is 2. The van der Waals surface area contributed by atoms with Crippen LogP contribution in [0, 0.1) is 0 Å². The molecule has 2 N–H and O–H groups in total. The number of esters is 1. The van der Waals surface area contributed by atoms with Crippen LogP contribution in [0.15, 0.2) is 41.7 Å². The Bertz CT molecular complexity index is 1090. The van der Waals surface area contributed by atoms with E-state index in [1.165, 1.54) is 19.1 Å². The maximum Gasteiger partial charge on any atom is 0.337 e. The van der Waals surface area contributed by atoms with Crippen molar-refractivity contribution in [2.45, 2.75) is 12.5 Å². The smallest absolute Gasteiger partial charge is 0.337 e. The van der Waals surface area contributed by atoms with Gasteiger partial charge in [-0.25, -0.2) is 14.8 Å². The molecular formula is C25H31N7O2. The quantitative estimate of drug-likeness (QED) is 0.624. The molecule has 0 bridgehead atoms. The second-order valence-corrected chi connectivity index (χ2v) is 8.92. The van der Waals surface area contributed by atoms with Gasteiger partial charge in [-0.05, 0) is 37.2 Å². The molecule has 1 atom stereocenters. The molecule has 2 saturated heterocycles. The zero-order valence-corrected chi connectivity index (χ0v) is 19.6. The number of benzene rings is 1. The summed E-state index contributed by atoms with van der Waals surface area (Å²) in [6.45, 7) is 7.49. The van der Waals surface area contributed by atoms with Crippen LogP contribution in [0.3, 0.4) is 0 Å². The highest BCUT2D eigenvalue weighted by Crippen LogP contribution is 2.32. The van der Waals surface area contributed by atoms with Gasteiger partial charge >= 0.3 is 5.97 Å². The normalized spacial score (nSPS) is 19.6. The van der Waals surface area contributed by atoms with Gasteiger partial charge in [0.05, 0.1) is 24.8 Å². The number of nitrogens with two attached hydrogens (primary N) is 1. The van der Waals surface area contributed by atoms with Crippen molar-refractivity contribution in [1.29, 1.82) is 0 Å². The number of ether oxygens (including phenoxy) is 1. The highest BCUT2D eigenvalue weighted by molar-refractivity contribution is 6.14. The first-order valence-corrected chi connectivity index (χ1v) is 11.8. The Kier molecular flexibility index (Phi) is 6.55. The molecule has 1 unspecified atom stereocenters. The van der Waals surface area contributed by atoms with E-state index in [9.17, 15) is 4.79 Å². The minimum atomic E-state index is -0.304. The molecule has 9 nitrogen and oxygen atoms in total. The summed E-state index contributed by atoms with van der Waals surface area (Å²) in [5.74, 6) is 1.07. The van der Waals surface area contributed by atoms with E-state index in [1.54, 1.807) is 6.33 Å². The van der Waals surface area contributed by atoms with Crippen LogP contribution in [0.2, 0.25) is 0 Å². The van der Waals surface area contributed by atoms with Crippen LogP contribution >= 0.6 is 0 Å². The van der Waals surface area contributed by atoms with Crippen LogP contribution in [0.25, 0.3) is 5.57 Å². The van der Waals surface area contributed by atoms with Crippen molar-refractivity contribution in [3.63, 3.8) is 0 Å². The van der Waals surface area contributed by atoms with E-state index < -0.39 is 0 Å². The largest absolute Gasteiger partial charge is 0.465 e. The summed E-state index contributed by atoms with van der Waals surface area (Å²) in [7, 11) is 1.41. The maximum absolute atomic E-state index is 11.9. The van der Waals surface area contributed by atoms with Gasteiger partial charge in [-0.1, -0.05) is 18.2 Å². The number of anilines is 2. The Balaban J connectivity index is 1.33. The van der Waals surface area contributed by atoms with Crippen LogP contribution in [-0.4, -0.2) is 91.4 Å². The topological polar surface area (TPSA) is 100 Å². The number of aliphatic imine (C=N–C) groups is 1. The number of hydrogen-bond acceptors (Lipinski definition) is 9. The Morgan fingerprint density at radius 2 is 1.85 bits per heavy atom. The van der Waals surface area contributed by atoms with Gasteiger partial charge in [-0.15, -0.1) is 0 Å². The predicted molar refractivity (Wildman–Crippen MR) is 133 cm³/mol. The first kappa shape index (κ1) is 22.5. The average Bonchev–Trinajstić information content (AvgIpc) is 3.38. The number of nitrogens with zero attached hydrogens (tertiary/aromatic N) is 6. The summed E-state index contributed by atoms with van der Waals surface area (Å²) in [5, 5.41) is 0. The van der Waals surface area contributed by atoms with Gasteiger partial charge in [0.25, 0.3) is 0 Å². The summed E-state index contributed by atoms with van der Waals surface area (Å²) in [6.07, 6.45) is 6.73. The summed E-state index contributed by atoms with van der Waals surface area (Å²) in [6, 6.07) is 8.14. The first-order chi connectivity index (χ1) is 16.6. The molecule has 3 aliphatic rings. The number of nitrogen functional groups attached to an aromatic ring is 1.